The SMILES string of the molecule is COc1ccc(CCC(=O)NC2(C)CCCCC2C(=O)O)cc1. The van der Waals surface area contributed by atoms with Crippen molar-refractivity contribution in [3.05, 3.63) is 29.8 Å². The maximum Gasteiger partial charge on any atom is 0.308 e. The number of rotatable bonds is 6. The Morgan fingerprint density at radius 1 is 1.30 bits per heavy atom. The van der Waals surface area contributed by atoms with Gasteiger partial charge >= 0.3 is 5.97 Å². The van der Waals surface area contributed by atoms with E-state index in [-0.39, 0.29) is 5.91 Å². The van der Waals surface area contributed by atoms with Crippen molar-refractivity contribution in [2.24, 2.45) is 5.92 Å². The molecule has 0 bridgehead atoms. The lowest BCUT2D eigenvalue weighted by atomic mass is 9.74. The van der Waals surface area contributed by atoms with E-state index in [9.17, 15) is 14.7 Å². The third-order valence-electron chi connectivity index (χ3n) is 4.73. The lowest BCUT2D eigenvalue weighted by Crippen LogP contribution is -2.55. The van der Waals surface area contributed by atoms with Gasteiger partial charge in [-0.25, -0.2) is 0 Å². The molecular formula is C18H25NO4. The fourth-order valence-electron chi connectivity index (χ4n) is 3.31. The Morgan fingerprint density at radius 2 is 2.00 bits per heavy atom. The highest BCUT2D eigenvalue weighted by Gasteiger charge is 2.41. The zero-order chi connectivity index (χ0) is 16.9. The molecule has 1 aliphatic rings. The number of carbonyl (C=O) groups is 2. The smallest absolute Gasteiger partial charge is 0.308 e. The molecule has 2 unspecified atom stereocenters. The molecule has 1 aromatic carbocycles. The molecule has 0 saturated heterocycles. The van der Waals surface area contributed by atoms with Gasteiger partial charge in [0.1, 0.15) is 5.75 Å². The Balaban J connectivity index is 1.91. The number of benzene rings is 1. The van der Waals surface area contributed by atoms with Crippen LogP contribution >= 0.6 is 0 Å². The standard InChI is InChI=1S/C18H25NO4/c1-18(12-4-3-5-15(18)17(21)22)19-16(20)11-8-13-6-9-14(23-2)10-7-13/h6-7,9-10,15H,3-5,8,11-12H2,1-2H3,(H,19,20)(H,21,22). The summed E-state index contributed by atoms with van der Waals surface area (Å²) in [4.78, 5) is 23.7. The first-order chi connectivity index (χ1) is 10.9. The first-order valence-corrected chi connectivity index (χ1v) is 8.11. The zero-order valence-corrected chi connectivity index (χ0v) is 13.8. The van der Waals surface area contributed by atoms with Crippen LogP contribution in [0.2, 0.25) is 0 Å². The van der Waals surface area contributed by atoms with E-state index in [1.54, 1.807) is 7.11 Å². The predicted molar refractivity (Wildman–Crippen MR) is 87.5 cm³/mol. The molecule has 2 rings (SSSR count). The molecule has 1 aromatic rings. The summed E-state index contributed by atoms with van der Waals surface area (Å²) in [5, 5.41) is 12.4. The average molecular weight is 319 g/mol. The summed E-state index contributed by atoms with van der Waals surface area (Å²) in [7, 11) is 1.62. The number of aliphatic carboxylic acids is 1. The van der Waals surface area contributed by atoms with Gasteiger partial charge in [0.05, 0.1) is 18.6 Å². The monoisotopic (exact) mass is 319 g/mol. The van der Waals surface area contributed by atoms with Crippen LogP contribution in [0.3, 0.4) is 0 Å². The molecule has 1 amide bonds. The predicted octanol–water partition coefficient (Wildman–Crippen LogP) is 2.78. The third kappa shape index (κ3) is 4.47. The minimum atomic E-state index is -0.817. The number of methoxy groups -OCH3 is 1. The van der Waals surface area contributed by atoms with Crippen LogP contribution in [-0.4, -0.2) is 29.6 Å². The van der Waals surface area contributed by atoms with Crippen molar-refractivity contribution in [1.29, 1.82) is 0 Å². The summed E-state index contributed by atoms with van der Waals surface area (Å²) in [6.07, 6.45) is 4.20. The van der Waals surface area contributed by atoms with Gasteiger partial charge in [0.2, 0.25) is 5.91 Å². The summed E-state index contributed by atoms with van der Waals surface area (Å²) in [5.41, 5.74) is 0.422. The molecular weight excluding hydrogens is 294 g/mol. The van der Waals surface area contributed by atoms with Crippen LogP contribution in [0.1, 0.15) is 44.6 Å². The van der Waals surface area contributed by atoms with Gasteiger partial charge in [-0.1, -0.05) is 25.0 Å². The Hall–Kier alpha value is -2.04. The highest BCUT2D eigenvalue weighted by molar-refractivity contribution is 5.79. The minimum Gasteiger partial charge on any atom is -0.497 e. The van der Waals surface area contributed by atoms with Crippen molar-refractivity contribution < 1.29 is 19.4 Å². The van der Waals surface area contributed by atoms with E-state index < -0.39 is 17.4 Å². The van der Waals surface area contributed by atoms with Gasteiger partial charge in [-0.3, -0.25) is 9.59 Å². The first kappa shape index (κ1) is 17.3. The Labute approximate surface area is 137 Å². The van der Waals surface area contributed by atoms with Gasteiger partial charge < -0.3 is 15.2 Å². The summed E-state index contributed by atoms with van der Waals surface area (Å²) in [6.45, 7) is 1.86. The number of ether oxygens (including phenoxy) is 1. The van der Waals surface area contributed by atoms with Crippen LogP contribution < -0.4 is 10.1 Å². The van der Waals surface area contributed by atoms with E-state index >= 15 is 0 Å². The van der Waals surface area contributed by atoms with Crippen molar-refractivity contribution in [1.82, 2.24) is 5.32 Å². The zero-order valence-electron chi connectivity index (χ0n) is 13.8. The van der Waals surface area contributed by atoms with Crippen LogP contribution in [0.15, 0.2) is 24.3 Å². The summed E-state index contributed by atoms with van der Waals surface area (Å²) in [6, 6.07) is 7.62. The number of carboxylic acids is 1. The number of carboxylic acid groups (broad SMARTS) is 1. The van der Waals surface area contributed by atoms with E-state index in [0.717, 1.165) is 30.6 Å². The molecule has 0 radical (unpaired) electrons. The van der Waals surface area contributed by atoms with Gasteiger partial charge in [-0.05, 0) is 43.9 Å². The fraction of sp³-hybridized carbons (Fsp3) is 0.556. The largest absolute Gasteiger partial charge is 0.497 e. The van der Waals surface area contributed by atoms with Gasteiger partial charge in [0.15, 0.2) is 0 Å². The maximum atomic E-state index is 12.3. The molecule has 1 fully saturated rings. The van der Waals surface area contributed by atoms with Gasteiger partial charge in [0.25, 0.3) is 0 Å². The first-order valence-electron chi connectivity index (χ1n) is 8.11. The maximum absolute atomic E-state index is 12.3. The van der Waals surface area contributed by atoms with Crippen LogP contribution in [0, 0.1) is 5.92 Å². The van der Waals surface area contributed by atoms with Crippen molar-refractivity contribution >= 4 is 11.9 Å². The fourth-order valence-corrected chi connectivity index (χ4v) is 3.31. The summed E-state index contributed by atoms with van der Waals surface area (Å²) >= 11 is 0. The van der Waals surface area contributed by atoms with E-state index in [1.165, 1.54) is 0 Å². The number of hydrogen-bond acceptors (Lipinski definition) is 3. The summed E-state index contributed by atoms with van der Waals surface area (Å²) in [5.74, 6) is -0.613. The van der Waals surface area contributed by atoms with E-state index in [2.05, 4.69) is 5.32 Å². The lowest BCUT2D eigenvalue weighted by Gasteiger charge is -2.39. The third-order valence-corrected chi connectivity index (χ3v) is 4.73. The summed E-state index contributed by atoms with van der Waals surface area (Å²) < 4.78 is 5.11. The molecule has 5 heteroatoms. The van der Waals surface area contributed by atoms with E-state index in [0.29, 0.717) is 19.3 Å². The molecule has 0 spiro atoms. The Morgan fingerprint density at radius 3 is 2.61 bits per heavy atom. The van der Waals surface area contributed by atoms with Crippen molar-refractivity contribution in [2.75, 3.05) is 7.11 Å². The van der Waals surface area contributed by atoms with Gasteiger partial charge in [-0.2, -0.15) is 0 Å². The normalized spacial score (nSPS) is 24.0. The molecule has 2 N–H and O–H groups in total. The highest BCUT2D eigenvalue weighted by atomic mass is 16.5. The number of amides is 1. The molecule has 0 aromatic heterocycles. The molecule has 0 aliphatic heterocycles. The van der Waals surface area contributed by atoms with E-state index in [4.69, 9.17) is 4.74 Å². The number of carbonyl (C=O) groups excluding carboxylic acids is 1. The van der Waals surface area contributed by atoms with Crippen LogP contribution in [-0.2, 0) is 16.0 Å². The second-order valence-corrected chi connectivity index (χ2v) is 6.45. The Bertz CT molecular complexity index is 555. The molecule has 1 saturated carbocycles. The topological polar surface area (TPSA) is 75.6 Å². The molecule has 5 nitrogen and oxygen atoms in total. The van der Waals surface area contributed by atoms with Crippen molar-refractivity contribution in [2.45, 2.75) is 51.0 Å². The van der Waals surface area contributed by atoms with Crippen LogP contribution in [0.25, 0.3) is 0 Å². The molecule has 2 atom stereocenters. The van der Waals surface area contributed by atoms with Gasteiger partial charge in [-0.15, -0.1) is 0 Å². The van der Waals surface area contributed by atoms with Crippen molar-refractivity contribution in [3.8, 4) is 5.75 Å². The van der Waals surface area contributed by atoms with Crippen LogP contribution in [0.5, 0.6) is 5.75 Å². The second kappa shape index (κ2) is 7.49. The van der Waals surface area contributed by atoms with E-state index in [1.807, 2.05) is 31.2 Å². The molecule has 0 heterocycles. The Kier molecular flexibility index (Phi) is 5.64. The number of nitrogens with one attached hydrogen (secondary N) is 1. The van der Waals surface area contributed by atoms with Crippen molar-refractivity contribution in [3.63, 3.8) is 0 Å². The molecule has 126 valence electrons. The average Bonchev–Trinajstić information content (AvgIpc) is 2.53. The minimum absolute atomic E-state index is 0.0866. The molecule has 1 aliphatic carbocycles. The number of aryl methyl sites for hydroxylation is 1. The van der Waals surface area contributed by atoms with Gasteiger partial charge in [0, 0.05) is 6.42 Å². The highest BCUT2D eigenvalue weighted by Crippen LogP contribution is 2.34. The lowest BCUT2D eigenvalue weighted by molar-refractivity contribution is -0.146. The second-order valence-electron chi connectivity index (χ2n) is 6.45. The molecule has 23 heavy (non-hydrogen) atoms. The number of hydrogen-bond donors (Lipinski definition) is 2. The van der Waals surface area contributed by atoms with Crippen LogP contribution in [0.4, 0.5) is 0 Å². The quantitative estimate of drug-likeness (QED) is 0.845.